The summed E-state index contributed by atoms with van der Waals surface area (Å²) in [6, 6.07) is 12.2. The van der Waals surface area contributed by atoms with Gasteiger partial charge in [-0.05, 0) is 35.9 Å². The van der Waals surface area contributed by atoms with Gasteiger partial charge in [-0.25, -0.2) is 9.78 Å². The third kappa shape index (κ3) is 5.09. The Hall–Kier alpha value is -2.83. The van der Waals surface area contributed by atoms with Gasteiger partial charge in [0.15, 0.2) is 11.5 Å². The number of aromatic hydroxyl groups is 1. The molecule has 0 amide bonds. The fourth-order valence-electron chi connectivity index (χ4n) is 2.25. The molecule has 0 bridgehead atoms. The second-order valence-corrected chi connectivity index (χ2v) is 6.82. The van der Waals surface area contributed by atoms with Crippen LogP contribution in [0.25, 0.3) is 16.6 Å². The number of hydrogen-bond acceptors (Lipinski definition) is 6. The topological polar surface area (TPSA) is 68.7 Å². The largest absolute Gasteiger partial charge is 0.504 e. The molecule has 1 N–H and O–H groups in total. The highest BCUT2D eigenvalue weighted by Gasteiger charge is 2.07. The van der Waals surface area contributed by atoms with E-state index in [0.29, 0.717) is 22.0 Å². The van der Waals surface area contributed by atoms with Gasteiger partial charge in [-0.1, -0.05) is 29.8 Å². The van der Waals surface area contributed by atoms with Crippen molar-refractivity contribution in [2.75, 3.05) is 7.11 Å². The van der Waals surface area contributed by atoms with E-state index in [4.69, 9.17) is 21.1 Å². The van der Waals surface area contributed by atoms with Crippen molar-refractivity contribution in [3.05, 3.63) is 70.2 Å². The van der Waals surface area contributed by atoms with Crippen LogP contribution in [0.15, 0.2) is 53.9 Å². The van der Waals surface area contributed by atoms with Crippen molar-refractivity contribution in [3.63, 3.8) is 0 Å². The number of aromatic nitrogens is 1. The normalized spacial score (nSPS) is 10.9. The maximum absolute atomic E-state index is 11.9. The van der Waals surface area contributed by atoms with E-state index in [0.717, 1.165) is 10.6 Å². The third-order valence-corrected chi connectivity index (χ3v) is 4.81. The van der Waals surface area contributed by atoms with Gasteiger partial charge in [-0.3, -0.25) is 0 Å². The van der Waals surface area contributed by atoms with E-state index in [-0.39, 0.29) is 12.4 Å². The van der Waals surface area contributed by atoms with Gasteiger partial charge in [-0.15, -0.1) is 11.3 Å². The first-order valence-electron chi connectivity index (χ1n) is 7.97. The molecule has 27 heavy (non-hydrogen) atoms. The van der Waals surface area contributed by atoms with E-state index < -0.39 is 5.97 Å². The van der Waals surface area contributed by atoms with Crippen LogP contribution in [0, 0.1) is 0 Å². The molecule has 0 aliphatic carbocycles. The zero-order valence-corrected chi connectivity index (χ0v) is 16.0. The number of thiazole rings is 1. The molecule has 0 atom stereocenters. The average molecular weight is 402 g/mol. The van der Waals surface area contributed by atoms with E-state index in [2.05, 4.69) is 4.98 Å². The van der Waals surface area contributed by atoms with Crippen molar-refractivity contribution in [1.29, 1.82) is 0 Å². The van der Waals surface area contributed by atoms with E-state index >= 15 is 0 Å². The zero-order valence-electron chi connectivity index (χ0n) is 14.4. The van der Waals surface area contributed by atoms with Crippen molar-refractivity contribution in [2.24, 2.45) is 0 Å². The van der Waals surface area contributed by atoms with Crippen LogP contribution < -0.4 is 4.74 Å². The number of esters is 1. The number of methoxy groups -OCH3 is 1. The number of phenols is 1. The summed E-state index contributed by atoms with van der Waals surface area (Å²) < 4.78 is 10.2. The Balaban J connectivity index is 1.57. The highest BCUT2D eigenvalue weighted by Crippen LogP contribution is 2.27. The number of carbonyl (C=O) groups is 1. The number of hydrogen-bond donors (Lipinski definition) is 1. The number of halogens is 1. The Bertz CT molecular complexity index is 966. The van der Waals surface area contributed by atoms with E-state index in [1.54, 1.807) is 30.3 Å². The van der Waals surface area contributed by atoms with Crippen LogP contribution in [-0.4, -0.2) is 23.2 Å². The summed E-state index contributed by atoms with van der Waals surface area (Å²) in [6.45, 7) is 0.0894. The highest BCUT2D eigenvalue weighted by molar-refractivity contribution is 7.13. The molecule has 0 unspecified atom stereocenters. The summed E-state index contributed by atoms with van der Waals surface area (Å²) in [7, 11) is 1.46. The summed E-state index contributed by atoms with van der Waals surface area (Å²) in [5.74, 6) is -0.108. The van der Waals surface area contributed by atoms with Crippen molar-refractivity contribution >= 4 is 35.0 Å². The molecular formula is C20H16ClNO4S. The first-order valence-corrected chi connectivity index (χ1v) is 9.23. The first kappa shape index (κ1) is 18.9. The minimum Gasteiger partial charge on any atom is -0.504 e. The number of nitrogens with zero attached hydrogens (tertiary/aromatic N) is 1. The maximum Gasteiger partial charge on any atom is 0.331 e. The van der Waals surface area contributed by atoms with Crippen molar-refractivity contribution < 1.29 is 19.4 Å². The van der Waals surface area contributed by atoms with Gasteiger partial charge in [0.2, 0.25) is 0 Å². The molecular weight excluding hydrogens is 386 g/mol. The molecule has 0 aliphatic rings. The van der Waals surface area contributed by atoms with Gasteiger partial charge < -0.3 is 14.6 Å². The molecule has 0 saturated carbocycles. The van der Waals surface area contributed by atoms with Crippen LogP contribution in [-0.2, 0) is 16.1 Å². The average Bonchev–Trinajstić information content (AvgIpc) is 3.15. The fourth-order valence-corrected chi connectivity index (χ4v) is 3.19. The lowest BCUT2D eigenvalue weighted by atomic mass is 10.2. The fraction of sp³-hybridized carbons (Fsp3) is 0.100. The van der Waals surface area contributed by atoms with Gasteiger partial charge in [0.05, 0.1) is 12.8 Å². The van der Waals surface area contributed by atoms with Gasteiger partial charge in [0.25, 0.3) is 0 Å². The van der Waals surface area contributed by atoms with Gasteiger partial charge in [0.1, 0.15) is 11.6 Å². The zero-order chi connectivity index (χ0) is 19.2. The molecule has 2 aromatic carbocycles. The third-order valence-electron chi connectivity index (χ3n) is 3.62. The first-order chi connectivity index (χ1) is 13.0. The SMILES string of the molecule is COc1cc(/C=C/C(=O)OCc2csc(-c3ccc(Cl)cc3)n2)ccc1O. The van der Waals surface area contributed by atoms with Crippen LogP contribution in [0.4, 0.5) is 0 Å². The monoisotopic (exact) mass is 401 g/mol. The number of benzene rings is 2. The minimum absolute atomic E-state index is 0.0391. The Labute approximate surface area is 165 Å². The Morgan fingerprint density at radius 3 is 2.78 bits per heavy atom. The molecule has 0 radical (unpaired) electrons. The van der Waals surface area contributed by atoms with Crippen LogP contribution in [0.5, 0.6) is 11.5 Å². The highest BCUT2D eigenvalue weighted by atomic mass is 35.5. The Morgan fingerprint density at radius 1 is 1.26 bits per heavy atom. The molecule has 3 rings (SSSR count). The van der Waals surface area contributed by atoms with Crippen molar-refractivity contribution in [1.82, 2.24) is 4.98 Å². The Kier molecular flexibility index (Phi) is 6.11. The summed E-state index contributed by atoms with van der Waals surface area (Å²) in [5, 5.41) is 12.9. The van der Waals surface area contributed by atoms with E-state index in [9.17, 15) is 9.90 Å². The lowest BCUT2D eigenvalue weighted by molar-refractivity contribution is -0.139. The van der Waals surface area contributed by atoms with Gasteiger partial charge in [-0.2, -0.15) is 0 Å². The smallest absolute Gasteiger partial charge is 0.331 e. The van der Waals surface area contributed by atoms with Crippen LogP contribution >= 0.6 is 22.9 Å². The number of phenolic OH excluding ortho intramolecular Hbond substituents is 1. The number of rotatable bonds is 6. The molecule has 3 aromatic rings. The standard InChI is InChI=1S/C20H16ClNO4S/c1-25-18-10-13(2-8-17(18)23)3-9-19(24)26-11-16-12-27-20(22-16)14-4-6-15(21)7-5-14/h2-10,12,23H,11H2,1H3/b9-3+. The second-order valence-electron chi connectivity index (χ2n) is 5.52. The molecule has 7 heteroatoms. The molecule has 0 spiro atoms. The molecule has 0 saturated heterocycles. The lowest BCUT2D eigenvalue weighted by Gasteiger charge is -2.03. The predicted molar refractivity (Wildman–Crippen MR) is 106 cm³/mol. The summed E-state index contributed by atoms with van der Waals surface area (Å²) >= 11 is 7.36. The predicted octanol–water partition coefficient (Wildman–Crippen LogP) is 4.93. The maximum atomic E-state index is 11.9. The Morgan fingerprint density at radius 2 is 2.04 bits per heavy atom. The van der Waals surface area contributed by atoms with Crippen LogP contribution in [0.1, 0.15) is 11.3 Å². The molecule has 5 nitrogen and oxygen atoms in total. The van der Waals surface area contributed by atoms with Crippen LogP contribution in [0.3, 0.4) is 0 Å². The number of carbonyl (C=O) groups excluding carboxylic acids is 1. The van der Waals surface area contributed by atoms with Gasteiger partial charge in [0, 0.05) is 22.0 Å². The molecule has 0 fully saturated rings. The second kappa shape index (κ2) is 8.70. The summed E-state index contributed by atoms with van der Waals surface area (Å²) in [6.07, 6.45) is 2.91. The molecule has 1 heterocycles. The quantitative estimate of drug-likeness (QED) is 0.468. The summed E-state index contributed by atoms with van der Waals surface area (Å²) in [5.41, 5.74) is 2.35. The summed E-state index contributed by atoms with van der Waals surface area (Å²) in [4.78, 5) is 16.4. The van der Waals surface area contributed by atoms with Crippen molar-refractivity contribution in [3.8, 4) is 22.1 Å². The van der Waals surface area contributed by atoms with Crippen LogP contribution in [0.2, 0.25) is 5.02 Å². The van der Waals surface area contributed by atoms with E-state index in [1.807, 2.05) is 17.5 Å². The van der Waals surface area contributed by atoms with Crippen molar-refractivity contribution in [2.45, 2.75) is 6.61 Å². The molecule has 1 aromatic heterocycles. The minimum atomic E-state index is -0.483. The number of ether oxygens (including phenoxy) is 2. The lowest BCUT2D eigenvalue weighted by Crippen LogP contribution is -2.01. The molecule has 138 valence electrons. The molecule has 0 aliphatic heterocycles. The van der Waals surface area contributed by atoms with Gasteiger partial charge >= 0.3 is 5.97 Å². The van der Waals surface area contributed by atoms with E-state index in [1.165, 1.54) is 30.6 Å².